The van der Waals surface area contributed by atoms with Crippen molar-refractivity contribution in [3.63, 3.8) is 0 Å². The first-order valence-electron chi connectivity index (χ1n) is 25.0. The molecular weight excluding hydrogens is 669 g/mol. The highest BCUT2D eigenvalue weighted by Gasteiger charge is 2.69. The van der Waals surface area contributed by atoms with Gasteiger partial charge >= 0.3 is 5.97 Å². The number of carbonyl (C=O) groups is 1. The lowest BCUT2D eigenvalue weighted by Gasteiger charge is -2.72. The third-order valence-corrected chi connectivity index (χ3v) is 18.8. The Labute approximate surface area is 343 Å². The smallest absolute Gasteiger partial charge is 0.306 e. The fourth-order valence-electron chi connectivity index (χ4n) is 14.7. The molecule has 2 nitrogen and oxygen atoms in total. The molecule has 5 aliphatic rings. The van der Waals surface area contributed by atoms with Crippen LogP contribution >= 0.6 is 0 Å². The van der Waals surface area contributed by atoms with Gasteiger partial charge in [0, 0.05) is 11.8 Å². The molecule has 0 N–H and O–H groups in total. The lowest BCUT2D eigenvalue weighted by molar-refractivity contribution is -0.215. The molecule has 9 unspecified atom stereocenters. The highest BCUT2D eigenvalue weighted by molar-refractivity contribution is 5.69. The van der Waals surface area contributed by atoms with Gasteiger partial charge in [0.2, 0.25) is 0 Å². The molecule has 318 valence electrons. The summed E-state index contributed by atoms with van der Waals surface area (Å²) < 4.78 is 6.46. The first kappa shape index (κ1) is 45.3. The number of hydrogen-bond acceptors (Lipinski definition) is 2. The summed E-state index contributed by atoms with van der Waals surface area (Å²) in [6, 6.07) is 0. The third-order valence-electron chi connectivity index (χ3n) is 18.8. The molecule has 0 heterocycles. The predicted octanol–water partition coefficient (Wildman–Crippen LogP) is 16.8. The Bertz CT molecular complexity index is 1240. The number of ether oxygens (including phenoxy) is 1. The summed E-state index contributed by atoms with van der Waals surface area (Å²) in [5.74, 6) is 2.91. The zero-order chi connectivity index (χ0) is 40.0. The first-order valence-corrected chi connectivity index (χ1v) is 25.0. The summed E-state index contributed by atoms with van der Waals surface area (Å²) in [7, 11) is 0. The van der Waals surface area contributed by atoms with Crippen molar-refractivity contribution >= 4 is 5.97 Å². The monoisotopic (exact) mass is 763 g/mol. The Morgan fingerprint density at radius 1 is 0.618 bits per heavy atom. The fraction of sp³-hybridized carbons (Fsp3) is 0.943. The molecule has 5 rings (SSSR count). The molecule has 2 heteroatoms. The lowest BCUT2D eigenvalue weighted by atomic mass is 9.33. The third kappa shape index (κ3) is 9.82. The summed E-state index contributed by atoms with van der Waals surface area (Å²) in [4.78, 5) is 13.3. The zero-order valence-corrected chi connectivity index (χ0v) is 38.8. The van der Waals surface area contributed by atoms with Crippen molar-refractivity contribution in [2.24, 2.45) is 56.2 Å². The van der Waals surface area contributed by atoms with Crippen LogP contribution in [0, 0.1) is 56.2 Å². The van der Waals surface area contributed by atoms with Gasteiger partial charge in [-0.1, -0.05) is 196 Å². The van der Waals surface area contributed by atoms with Gasteiger partial charge in [0.15, 0.2) is 0 Å². The standard InChI is InChI=1S/C53H94O2/c1-11-12-13-14-15-16-17-18-19-20-21-22-23-24-25-26-27-28-29-30-47(54)55-46-34-35-51(8)44(49(46,5)6)33-36-52(9)45(51)32-31-42-43-40-48(3,4)37-38-50(43,7)41(2)39-53(42,52)10/h31,41,43-46H,11-30,32-40H2,1-10H3. The minimum absolute atomic E-state index is 0.0221. The van der Waals surface area contributed by atoms with Crippen molar-refractivity contribution in [2.45, 2.75) is 262 Å². The fourth-order valence-corrected chi connectivity index (χ4v) is 14.7. The van der Waals surface area contributed by atoms with E-state index in [4.69, 9.17) is 4.74 Å². The molecule has 0 radical (unpaired) electrons. The van der Waals surface area contributed by atoms with E-state index in [2.05, 4.69) is 75.3 Å². The summed E-state index contributed by atoms with van der Waals surface area (Å²) >= 11 is 0. The molecule has 0 aliphatic heterocycles. The van der Waals surface area contributed by atoms with E-state index < -0.39 is 0 Å². The maximum atomic E-state index is 13.3. The van der Waals surface area contributed by atoms with Crippen molar-refractivity contribution in [2.75, 3.05) is 0 Å². The molecule has 0 aromatic heterocycles. The van der Waals surface area contributed by atoms with Gasteiger partial charge in [0.05, 0.1) is 0 Å². The van der Waals surface area contributed by atoms with E-state index in [1.165, 1.54) is 167 Å². The molecule has 0 amide bonds. The number of fused-ring (bicyclic) bond motifs is 7. The number of unbranched alkanes of at least 4 members (excludes halogenated alkanes) is 18. The molecule has 5 aliphatic carbocycles. The zero-order valence-electron chi connectivity index (χ0n) is 38.8. The average molecular weight is 763 g/mol. The van der Waals surface area contributed by atoms with Gasteiger partial charge in [-0.05, 0) is 115 Å². The molecule has 0 spiro atoms. The van der Waals surface area contributed by atoms with Crippen LogP contribution in [-0.4, -0.2) is 12.1 Å². The maximum Gasteiger partial charge on any atom is 0.306 e. The molecule has 0 aromatic rings. The van der Waals surface area contributed by atoms with E-state index in [0.29, 0.717) is 45.3 Å². The van der Waals surface area contributed by atoms with E-state index in [1.54, 1.807) is 0 Å². The summed E-state index contributed by atoms with van der Waals surface area (Å²) in [6.45, 7) is 25.8. The molecule has 4 saturated carbocycles. The van der Waals surface area contributed by atoms with Gasteiger partial charge in [-0.2, -0.15) is 0 Å². The second-order valence-electron chi connectivity index (χ2n) is 23.3. The molecule has 55 heavy (non-hydrogen) atoms. The van der Waals surface area contributed by atoms with Gasteiger partial charge in [0.1, 0.15) is 6.10 Å². The molecule has 0 aromatic carbocycles. The van der Waals surface area contributed by atoms with Crippen molar-refractivity contribution in [3.8, 4) is 0 Å². The summed E-state index contributed by atoms with van der Waals surface area (Å²) in [6.07, 6.45) is 41.3. The molecule has 0 bridgehead atoms. The van der Waals surface area contributed by atoms with E-state index in [-0.39, 0.29) is 17.5 Å². The molecule has 9 atom stereocenters. The molecule has 0 saturated heterocycles. The summed E-state index contributed by atoms with van der Waals surface area (Å²) in [5.41, 5.74) is 3.74. The van der Waals surface area contributed by atoms with Crippen LogP contribution in [0.4, 0.5) is 0 Å². The Hall–Kier alpha value is -0.790. The van der Waals surface area contributed by atoms with Gasteiger partial charge in [0.25, 0.3) is 0 Å². The number of allylic oxidation sites excluding steroid dienone is 2. The minimum atomic E-state index is 0.0221. The molecular formula is C53H94O2. The largest absolute Gasteiger partial charge is 0.462 e. The normalized spacial score (nSPS) is 37.6. The van der Waals surface area contributed by atoms with Gasteiger partial charge in [-0.3, -0.25) is 4.79 Å². The Morgan fingerprint density at radius 3 is 1.69 bits per heavy atom. The van der Waals surface area contributed by atoms with E-state index in [1.807, 2.05) is 5.57 Å². The highest BCUT2D eigenvalue weighted by Crippen LogP contribution is 2.76. The lowest BCUT2D eigenvalue weighted by Crippen LogP contribution is -2.65. The number of hydrogen-bond donors (Lipinski definition) is 0. The highest BCUT2D eigenvalue weighted by atomic mass is 16.5. The van der Waals surface area contributed by atoms with E-state index >= 15 is 0 Å². The van der Waals surface area contributed by atoms with Crippen LogP contribution in [0.1, 0.15) is 255 Å². The van der Waals surface area contributed by atoms with Crippen LogP contribution in [0.3, 0.4) is 0 Å². The van der Waals surface area contributed by atoms with Crippen LogP contribution in [0.5, 0.6) is 0 Å². The van der Waals surface area contributed by atoms with Crippen LogP contribution in [-0.2, 0) is 9.53 Å². The maximum absolute atomic E-state index is 13.3. The predicted molar refractivity (Wildman–Crippen MR) is 237 cm³/mol. The Morgan fingerprint density at radius 2 is 1.15 bits per heavy atom. The quantitative estimate of drug-likeness (QED) is 0.0661. The van der Waals surface area contributed by atoms with Crippen molar-refractivity contribution in [3.05, 3.63) is 11.6 Å². The van der Waals surface area contributed by atoms with Gasteiger partial charge < -0.3 is 4.74 Å². The van der Waals surface area contributed by atoms with Crippen molar-refractivity contribution in [1.82, 2.24) is 0 Å². The molecule has 4 fully saturated rings. The number of carbonyl (C=O) groups excluding carboxylic acids is 1. The van der Waals surface area contributed by atoms with E-state index in [9.17, 15) is 4.79 Å². The second kappa shape index (κ2) is 19.1. The Kier molecular flexibility index (Phi) is 15.7. The number of rotatable bonds is 21. The minimum Gasteiger partial charge on any atom is -0.462 e. The van der Waals surface area contributed by atoms with Crippen LogP contribution in [0.25, 0.3) is 0 Å². The topological polar surface area (TPSA) is 26.3 Å². The Balaban J connectivity index is 1.01. The van der Waals surface area contributed by atoms with Gasteiger partial charge in [-0.15, -0.1) is 0 Å². The summed E-state index contributed by atoms with van der Waals surface area (Å²) in [5, 5.41) is 0. The second-order valence-corrected chi connectivity index (χ2v) is 23.3. The van der Waals surface area contributed by atoms with E-state index in [0.717, 1.165) is 24.7 Å². The van der Waals surface area contributed by atoms with Gasteiger partial charge in [-0.25, -0.2) is 0 Å². The number of esters is 1. The van der Waals surface area contributed by atoms with Crippen LogP contribution in [0.15, 0.2) is 11.6 Å². The van der Waals surface area contributed by atoms with Crippen molar-refractivity contribution in [1.29, 1.82) is 0 Å². The first-order chi connectivity index (χ1) is 26.1. The van der Waals surface area contributed by atoms with Crippen LogP contribution < -0.4 is 0 Å². The van der Waals surface area contributed by atoms with Crippen LogP contribution in [0.2, 0.25) is 0 Å². The SMILES string of the molecule is CCCCCCCCCCCCCCCCCCCCCC(=O)OC1CCC2(C)C(CCC3(C)C2CC=C2C4CC(C)(C)CCC4(C)C(C)CC23C)C1(C)C. The van der Waals surface area contributed by atoms with Crippen molar-refractivity contribution < 1.29 is 9.53 Å². The average Bonchev–Trinajstić information content (AvgIpc) is 3.12.